The van der Waals surface area contributed by atoms with Gasteiger partial charge < -0.3 is 27.2 Å². The van der Waals surface area contributed by atoms with Crippen LogP contribution >= 0.6 is 11.8 Å². The maximum atomic E-state index is 13.2. The van der Waals surface area contributed by atoms with Crippen LogP contribution in [0.5, 0.6) is 0 Å². The van der Waals surface area contributed by atoms with Crippen LogP contribution in [-0.2, 0) is 25.7 Å². The number of nitrogens with two attached hydrogens (primary N) is 2. The van der Waals surface area contributed by atoms with E-state index in [-0.39, 0.29) is 25.3 Å². The van der Waals surface area contributed by atoms with Gasteiger partial charge in [-0.25, -0.2) is 4.79 Å². The third kappa shape index (κ3) is 10.8. The third-order valence-electron chi connectivity index (χ3n) is 6.95. The van der Waals surface area contributed by atoms with Crippen molar-refractivity contribution in [2.75, 3.05) is 18.6 Å². The summed E-state index contributed by atoms with van der Waals surface area (Å²) in [6, 6.07) is 11.9. The Morgan fingerprint density at radius 3 is 2.40 bits per heavy atom. The van der Waals surface area contributed by atoms with E-state index >= 15 is 0 Å². The molecule has 40 heavy (non-hydrogen) atoms. The fourth-order valence-corrected chi connectivity index (χ4v) is 4.86. The van der Waals surface area contributed by atoms with Crippen molar-refractivity contribution in [2.45, 2.75) is 70.7 Å². The van der Waals surface area contributed by atoms with E-state index < -0.39 is 41.9 Å². The highest BCUT2D eigenvalue weighted by molar-refractivity contribution is 7.98. The van der Waals surface area contributed by atoms with Crippen molar-refractivity contribution in [3.8, 4) is 0 Å². The van der Waals surface area contributed by atoms with Gasteiger partial charge in [0.25, 0.3) is 0 Å². The molecule has 7 N–H and O–H groups in total. The Morgan fingerprint density at radius 1 is 1.05 bits per heavy atom. The van der Waals surface area contributed by atoms with Crippen LogP contribution in [0.25, 0.3) is 10.8 Å². The van der Waals surface area contributed by atoms with Crippen LogP contribution in [0.3, 0.4) is 0 Å². The van der Waals surface area contributed by atoms with Crippen LogP contribution < -0.4 is 22.1 Å². The topological polar surface area (TPSA) is 168 Å². The highest BCUT2D eigenvalue weighted by atomic mass is 32.2. The first-order valence-electron chi connectivity index (χ1n) is 13.6. The predicted molar refractivity (Wildman–Crippen MR) is 159 cm³/mol. The molecule has 3 amide bonds. The number of carboxylic acid groups (broad SMARTS) is 1. The maximum absolute atomic E-state index is 13.2. The number of aliphatic carboxylic acids is 1. The normalized spacial score (nSPS) is 14.3. The Balaban J connectivity index is 2.40. The molecule has 2 aromatic rings. The summed E-state index contributed by atoms with van der Waals surface area (Å²) in [5, 5.41) is 17.3. The number of fused-ring (bicyclic) bond motifs is 1. The van der Waals surface area contributed by atoms with Crippen molar-refractivity contribution in [1.29, 1.82) is 0 Å². The lowest BCUT2D eigenvalue weighted by atomic mass is 10.00. The fraction of sp³-hybridized carbons (Fsp3) is 0.517. The summed E-state index contributed by atoms with van der Waals surface area (Å²) in [6.07, 6.45) is 3.09. The lowest BCUT2D eigenvalue weighted by Crippen LogP contribution is -2.56. The number of benzene rings is 2. The second-order valence-electron chi connectivity index (χ2n) is 10.2. The molecule has 220 valence electrons. The lowest BCUT2D eigenvalue weighted by Gasteiger charge is -2.34. The molecule has 0 aliphatic carbocycles. The predicted octanol–water partition coefficient (Wildman–Crippen LogP) is 2.44. The molecule has 10 nitrogen and oxygen atoms in total. The van der Waals surface area contributed by atoms with Crippen molar-refractivity contribution >= 4 is 46.2 Å². The summed E-state index contributed by atoms with van der Waals surface area (Å²) < 4.78 is 0. The van der Waals surface area contributed by atoms with Crippen molar-refractivity contribution < 1.29 is 24.3 Å². The van der Waals surface area contributed by atoms with Crippen LogP contribution in [0.1, 0.15) is 51.5 Å². The van der Waals surface area contributed by atoms with E-state index in [4.69, 9.17) is 11.5 Å². The van der Waals surface area contributed by atoms with E-state index in [9.17, 15) is 24.3 Å². The van der Waals surface area contributed by atoms with E-state index in [2.05, 4.69) is 17.6 Å². The third-order valence-corrected chi connectivity index (χ3v) is 7.60. The van der Waals surface area contributed by atoms with Crippen LogP contribution in [0.2, 0.25) is 0 Å². The highest BCUT2D eigenvalue weighted by Gasteiger charge is 2.28. The molecule has 2 rings (SSSR count). The molecule has 11 heteroatoms. The molecular weight excluding hydrogens is 530 g/mol. The molecule has 0 bridgehead atoms. The van der Waals surface area contributed by atoms with E-state index in [1.165, 1.54) is 11.8 Å². The molecule has 0 aliphatic heterocycles. The average Bonchev–Trinajstić information content (AvgIpc) is 2.92. The molecule has 0 fully saturated rings. The molecule has 2 aromatic carbocycles. The van der Waals surface area contributed by atoms with Crippen molar-refractivity contribution in [3.05, 3.63) is 48.0 Å². The van der Waals surface area contributed by atoms with Gasteiger partial charge in [0, 0.05) is 13.0 Å². The average molecular weight is 574 g/mol. The number of hydrogen-bond acceptors (Lipinski definition) is 7. The van der Waals surface area contributed by atoms with E-state index in [1.807, 2.05) is 60.5 Å². The summed E-state index contributed by atoms with van der Waals surface area (Å²) in [5.41, 5.74) is 12.3. The largest absolute Gasteiger partial charge is 0.480 e. The summed E-state index contributed by atoms with van der Waals surface area (Å²) in [4.78, 5) is 51.2. The van der Waals surface area contributed by atoms with Crippen molar-refractivity contribution in [2.24, 2.45) is 17.4 Å². The Bertz CT molecular complexity index is 1140. The Kier molecular flexibility index (Phi) is 13.9. The molecule has 4 atom stereocenters. The smallest absolute Gasteiger partial charge is 0.326 e. The first-order valence-corrected chi connectivity index (χ1v) is 15.0. The number of carbonyl (C=O) groups excluding carboxylic acids is 3. The maximum Gasteiger partial charge on any atom is 0.326 e. The summed E-state index contributed by atoms with van der Waals surface area (Å²) >= 11 is 1.51. The van der Waals surface area contributed by atoms with Gasteiger partial charge in [0.1, 0.15) is 6.04 Å². The minimum absolute atomic E-state index is 0.0145. The van der Waals surface area contributed by atoms with Crippen LogP contribution in [0.15, 0.2) is 42.5 Å². The zero-order valence-corrected chi connectivity index (χ0v) is 24.4. The number of thioether (sulfide) groups is 1. The monoisotopic (exact) mass is 573 g/mol. The van der Waals surface area contributed by atoms with Crippen molar-refractivity contribution in [1.82, 2.24) is 15.5 Å². The number of hydrogen-bond donors (Lipinski definition) is 5. The Morgan fingerprint density at radius 2 is 1.75 bits per heavy atom. The number of primary amides is 1. The van der Waals surface area contributed by atoms with Gasteiger partial charge in [0.05, 0.1) is 18.8 Å². The van der Waals surface area contributed by atoms with Crippen LogP contribution in [-0.4, -0.2) is 70.5 Å². The van der Waals surface area contributed by atoms with Gasteiger partial charge in [-0.3, -0.25) is 19.3 Å². The SMILES string of the molecule is CC[C@H](C)CC(NC(=O)[C@@H](N)CCC(N)=O)N(CC(=O)N[C@@H](CCSC)C(=O)O)Cc1cccc2ccccc12. The zero-order valence-electron chi connectivity index (χ0n) is 23.6. The van der Waals surface area contributed by atoms with E-state index in [0.29, 0.717) is 25.1 Å². The number of carbonyl (C=O) groups is 4. The van der Waals surface area contributed by atoms with Gasteiger partial charge >= 0.3 is 5.97 Å². The molecule has 0 spiro atoms. The number of nitrogens with zero attached hydrogens (tertiary/aromatic N) is 1. The molecule has 0 aromatic heterocycles. The summed E-state index contributed by atoms with van der Waals surface area (Å²) in [7, 11) is 0. The van der Waals surface area contributed by atoms with Gasteiger partial charge in [0.15, 0.2) is 0 Å². The van der Waals surface area contributed by atoms with Crippen molar-refractivity contribution in [3.63, 3.8) is 0 Å². The van der Waals surface area contributed by atoms with Gasteiger partial charge in [-0.05, 0) is 53.5 Å². The molecule has 1 unspecified atom stereocenters. The molecule has 0 saturated heterocycles. The van der Waals surface area contributed by atoms with Crippen LogP contribution in [0.4, 0.5) is 0 Å². The minimum atomic E-state index is -1.09. The standard InChI is InChI=1S/C29H43N5O5S/c1-4-19(2)16-26(33-28(37)23(30)12-13-25(31)35)34(18-27(36)32-24(29(38)39)14-15-40-3)17-21-10-7-9-20-8-5-6-11-22(20)21/h5-11,19,23-24,26H,4,12-18,30H2,1-3H3,(H2,31,35)(H,32,36)(H,33,37)(H,38,39)/t19-,23-,24-,26?/m0/s1. The number of carboxylic acids is 1. The number of nitrogens with one attached hydrogen (secondary N) is 2. The quantitative estimate of drug-likeness (QED) is 0.169. The zero-order chi connectivity index (χ0) is 29.7. The van der Waals surface area contributed by atoms with Gasteiger partial charge in [-0.15, -0.1) is 0 Å². The molecule has 0 radical (unpaired) electrons. The van der Waals surface area contributed by atoms with Gasteiger partial charge in [-0.2, -0.15) is 11.8 Å². The Hall–Kier alpha value is -3.15. The second kappa shape index (κ2) is 16.8. The first-order chi connectivity index (χ1) is 19.0. The first kappa shape index (κ1) is 33.1. The van der Waals surface area contributed by atoms with E-state index in [0.717, 1.165) is 22.8 Å². The van der Waals surface area contributed by atoms with Gasteiger partial charge in [-0.1, -0.05) is 62.7 Å². The fourth-order valence-electron chi connectivity index (χ4n) is 4.39. The number of rotatable bonds is 18. The Labute approximate surface area is 240 Å². The second-order valence-corrected chi connectivity index (χ2v) is 11.2. The summed E-state index contributed by atoms with van der Waals surface area (Å²) in [6.45, 7) is 4.30. The van der Waals surface area contributed by atoms with E-state index in [1.54, 1.807) is 0 Å². The molecule has 0 aliphatic rings. The molecule has 0 heterocycles. The molecular formula is C29H43N5O5S. The number of amides is 3. The summed E-state index contributed by atoms with van der Waals surface area (Å²) in [5.74, 6) is -1.72. The lowest BCUT2D eigenvalue weighted by molar-refractivity contribution is -0.142. The van der Waals surface area contributed by atoms with Crippen LogP contribution in [0, 0.1) is 5.92 Å². The molecule has 0 saturated carbocycles. The van der Waals surface area contributed by atoms with Gasteiger partial charge in [0.2, 0.25) is 17.7 Å². The minimum Gasteiger partial charge on any atom is -0.480 e. The highest BCUT2D eigenvalue weighted by Crippen LogP contribution is 2.22.